The Kier molecular flexibility index (Phi) is 9.07. The number of carboxylic acids is 1. The van der Waals surface area contributed by atoms with Crippen LogP contribution in [0.2, 0.25) is 0 Å². The number of carbonyl (C=O) groups is 1. The van der Waals surface area contributed by atoms with Crippen molar-refractivity contribution < 1.29 is 23.5 Å². The van der Waals surface area contributed by atoms with Gasteiger partial charge in [-0.05, 0) is 109 Å². The van der Waals surface area contributed by atoms with Gasteiger partial charge in [-0.15, -0.1) is 0 Å². The lowest BCUT2D eigenvalue weighted by atomic mass is 9.97. The lowest BCUT2D eigenvalue weighted by Gasteiger charge is -2.24. The van der Waals surface area contributed by atoms with Gasteiger partial charge in [-0.3, -0.25) is 5.01 Å². The normalized spacial score (nSPS) is 14.0. The Labute approximate surface area is 310 Å². The van der Waals surface area contributed by atoms with Crippen LogP contribution < -0.4 is 9.75 Å². The Morgan fingerprint density at radius 2 is 1.67 bits per heavy atom. The fourth-order valence-corrected chi connectivity index (χ4v) is 6.26. The molecule has 0 radical (unpaired) electrons. The van der Waals surface area contributed by atoms with Crippen LogP contribution in [-0.2, 0) is 4.79 Å². The number of para-hydroxylation sites is 2. The van der Waals surface area contributed by atoms with E-state index in [0.29, 0.717) is 30.4 Å². The number of nitrogens with zero attached hydrogens (tertiary/aromatic N) is 4. The van der Waals surface area contributed by atoms with E-state index in [9.17, 15) is 4.79 Å². The van der Waals surface area contributed by atoms with Crippen molar-refractivity contribution in [2.24, 2.45) is 5.10 Å². The summed E-state index contributed by atoms with van der Waals surface area (Å²) >= 11 is 0. The van der Waals surface area contributed by atoms with Gasteiger partial charge in [0.1, 0.15) is 28.9 Å². The average molecular weight is 710 g/mol. The number of anilines is 1. The van der Waals surface area contributed by atoms with E-state index in [1.807, 2.05) is 91.9 Å². The van der Waals surface area contributed by atoms with Gasteiger partial charge in [0, 0.05) is 23.6 Å². The van der Waals surface area contributed by atoms with Crippen LogP contribution >= 0.6 is 0 Å². The molecule has 8 rings (SSSR count). The molecule has 4 heterocycles. The number of aromatic nitrogens is 2. The van der Waals surface area contributed by atoms with Crippen LogP contribution in [0.1, 0.15) is 47.6 Å². The van der Waals surface area contributed by atoms with Gasteiger partial charge in [-0.2, -0.15) is 10.4 Å². The smallest absolute Gasteiger partial charge is 0.346 e. The molecule has 262 valence electrons. The van der Waals surface area contributed by atoms with E-state index in [1.165, 1.54) is 6.08 Å². The van der Waals surface area contributed by atoms with Crippen LogP contribution in [0.25, 0.3) is 40.0 Å². The number of benzene rings is 4. The lowest BCUT2D eigenvalue weighted by Crippen LogP contribution is -2.18. The van der Waals surface area contributed by atoms with E-state index in [2.05, 4.69) is 51.1 Å². The predicted molar refractivity (Wildman–Crippen MR) is 206 cm³/mol. The molecular weight excluding hydrogens is 679 g/mol. The number of aliphatic carboxylic acids is 1. The number of aromatic amines is 1. The third-order valence-corrected chi connectivity index (χ3v) is 8.94. The number of furan rings is 2. The first-order valence-electron chi connectivity index (χ1n) is 17.3. The molecule has 0 bridgehead atoms. The molecule has 10 heteroatoms. The maximum atomic E-state index is 11.1. The molecule has 1 aliphatic rings. The topological polar surface area (TPSA) is 141 Å². The standard InChI is InChI=1S/C44H31N5O5/c1-2-52-34-19-14-30(15-20-34)40-26-39(29-10-7-28(8-11-29)9-18-35-21-22-36(53-35)25-32(27-45)44(50)51)48-49(40)33-16-12-31(13-17-33)41-23-24-42(54-41)43-46-37-5-3-4-6-38(37)47-43/h3-8,10-17,19-25,40H,2,26H2,1H3,(H,46,47)(H,50,51)/b32-25+. The number of ether oxygens (including phenoxy) is 1. The molecule has 0 saturated carbocycles. The first-order valence-corrected chi connectivity index (χ1v) is 17.3. The second kappa shape index (κ2) is 14.6. The van der Waals surface area contributed by atoms with Gasteiger partial charge in [-0.25, -0.2) is 9.78 Å². The molecule has 1 unspecified atom stereocenters. The number of imidazole rings is 1. The van der Waals surface area contributed by atoms with Gasteiger partial charge in [-0.1, -0.05) is 42.3 Å². The predicted octanol–water partition coefficient (Wildman–Crippen LogP) is 9.23. The third kappa shape index (κ3) is 7.00. The lowest BCUT2D eigenvalue weighted by molar-refractivity contribution is -0.132. The Balaban J connectivity index is 1.03. The maximum Gasteiger partial charge on any atom is 0.346 e. The van der Waals surface area contributed by atoms with E-state index in [0.717, 1.165) is 56.2 Å². The van der Waals surface area contributed by atoms with Crippen molar-refractivity contribution in [3.63, 3.8) is 0 Å². The highest BCUT2D eigenvalue weighted by Crippen LogP contribution is 2.38. The zero-order valence-corrected chi connectivity index (χ0v) is 29.0. The van der Waals surface area contributed by atoms with E-state index < -0.39 is 11.5 Å². The molecule has 54 heavy (non-hydrogen) atoms. The molecule has 10 nitrogen and oxygen atoms in total. The largest absolute Gasteiger partial charge is 0.494 e. The Bertz CT molecular complexity index is 2610. The number of nitrogens with one attached hydrogen (secondary N) is 1. The number of rotatable bonds is 9. The minimum absolute atomic E-state index is 0.0471. The SMILES string of the molecule is CCOc1ccc(C2CC(c3ccc(C#Cc4ccc(/C=C(\C#N)C(=O)O)o4)cc3)=NN2c2ccc(-c3ccc(-c4nc5ccccc5[nH]4)o3)cc2)cc1. The molecule has 0 fully saturated rings. The van der Waals surface area contributed by atoms with E-state index in [4.69, 9.17) is 29.0 Å². The molecule has 7 aromatic rings. The average Bonchev–Trinajstić information content (AvgIpc) is 4.03. The Morgan fingerprint density at radius 3 is 2.41 bits per heavy atom. The second-order valence-electron chi connectivity index (χ2n) is 12.4. The molecule has 0 amide bonds. The summed E-state index contributed by atoms with van der Waals surface area (Å²) in [5.41, 5.74) is 7.11. The van der Waals surface area contributed by atoms with Crippen molar-refractivity contribution in [2.75, 3.05) is 11.6 Å². The molecule has 0 aliphatic carbocycles. The number of fused-ring (bicyclic) bond motifs is 1. The van der Waals surface area contributed by atoms with Gasteiger partial charge in [0.15, 0.2) is 17.3 Å². The van der Waals surface area contributed by atoms with Gasteiger partial charge in [0.2, 0.25) is 0 Å². The monoisotopic (exact) mass is 709 g/mol. The number of carboxylic acid groups (broad SMARTS) is 1. The Hall–Kier alpha value is -7.56. The van der Waals surface area contributed by atoms with Crippen LogP contribution in [0, 0.1) is 23.2 Å². The van der Waals surface area contributed by atoms with E-state index in [1.54, 1.807) is 18.2 Å². The molecule has 1 atom stereocenters. The summed E-state index contributed by atoms with van der Waals surface area (Å²) in [6.45, 7) is 2.57. The molecule has 0 spiro atoms. The molecule has 0 saturated heterocycles. The first-order chi connectivity index (χ1) is 26.4. The zero-order chi connectivity index (χ0) is 37.0. The number of hydrazone groups is 1. The van der Waals surface area contributed by atoms with E-state index in [-0.39, 0.29) is 11.8 Å². The summed E-state index contributed by atoms with van der Waals surface area (Å²) in [6, 6.07) is 40.8. The third-order valence-electron chi connectivity index (χ3n) is 8.94. The minimum Gasteiger partial charge on any atom is -0.494 e. The van der Waals surface area contributed by atoms with E-state index >= 15 is 0 Å². The highest BCUT2D eigenvalue weighted by Gasteiger charge is 2.30. The quantitative estimate of drug-likeness (QED) is 0.0859. The molecular formula is C44H31N5O5. The van der Waals surface area contributed by atoms with Crippen LogP contribution in [0.4, 0.5) is 5.69 Å². The molecule has 2 N–H and O–H groups in total. The van der Waals surface area contributed by atoms with Crippen LogP contribution in [0.5, 0.6) is 5.75 Å². The van der Waals surface area contributed by atoms with Crippen molar-refractivity contribution in [3.8, 4) is 46.6 Å². The molecule has 1 aliphatic heterocycles. The van der Waals surface area contributed by atoms with Crippen LogP contribution in [0.15, 0.2) is 141 Å². The van der Waals surface area contributed by atoms with Gasteiger partial charge in [0.05, 0.1) is 35.1 Å². The van der Waals surface area contributed by atoms with Crippen LogP contribution in [-0.4, -0.2) is 33.4 Å². The number of nitriles is 1. The zero-order valence-electron chi connectivity index (χ0n) is 29.0. The maximum absolute atomic E-state index is 11.1. The highest BCUT2D eigenvalue weighted by atomic mass is 16.5. The summed E-state index contributed by atoms with van der Waals surface area (Å²) in [5, 5.41) is 25.3. The second-order valence-corrected chi connectivity index (χ2v) is 12.4. The summed E-state index contributed by atoms with van der Waals surface area (Å²) in [6.07, 6.45) is 1.85. The molecule has 3 aromatic heterocycles. The summed E-state index contributed by atoms with van der Waals surface area (Å²) in [7, 11) is 0. The molecule has 4 aromatic carbocycles. The van der Waals surface area contributed by atoms with Crippen molar-refractivity contribution in [3.05, 3.63) is 155 Å². The highest BCUT2D eigenvalue weighted by molar-refractivity contribution is 6.03. The fraction of sp³-hybridized carbons (Fsp3) is 0.0909. The van der Waals surface area contributed by atoms with Crippen molar-refractivity contribution in [1.29, 1.82) is 5.26 Å². The number of hydrogen-bond donors (Lipinski definition) is 2. The summed E-state index contributed by atoms with van der Waals surface area (Å²) in [5.74, 6) is 8.23. The number of H-pyrrole nitrogens is 1. The summed E-state index contributed by atoms with van der Waals surface area (Å²) in [4.78, 5) is 19.1. The van der Waals surface area contributed by atoms with Gasteiger partial charge < -0.3 is 23.7 Å². The Morgan fingerprint density at radius 1 is 0.907 bits per heavy atom. The number of hydrogen-bond acceptors (Lipinski definition) is 8. The van der Waals surface area contributed by atoms with Gasteiger partial charge in [0.25, 0.3) is 0 Å². The fourth-order valence-electron chi connectivity index (χ4n) is 6.26. The van der Waals surface area contributed by atoms with Crippen LogP contribution in [0.3, 0.4) is 0 Å². The minimum atomic E-state index is -1.32. The van der Waals surface area contributed by atoms with Crippen molar-refractivity contribution in [2.45, 2.75) is 19.4 Å². The first kappa shape index (κ1) is 33.6. The van der Waals surface area contributed by atoms with Gasteiger partial charge >= 0.3 is 5.97 Å². The van der Waals surface area contributed by atoms with Crippen molar-refractivity contribution in [1.82, 2.24) is 9.97 Å². The summed E-state index contributed by atoms with van der Waals surface area (Å²) < 4.78 is 17.5. The van der Waals surface area contributed by atoms with Crippen molar-refractivity contribution >= 4 is 34.5 Å².